The molecule has 0 radical (unpaired) electrons. The van der Waals surface area contributed by atoms with Gasteiger partial charge in [-0.25, -0.2) is 0 Å². The molecule has 5 nitrogen and oxygen atoms in total. The van der Waals surface area contributed by atoms with Crippen molar-refractivity contribution in [2.24, 2.45) is 11.8 Å². The largest absolute Gasteiger partial charge is 0.371 e. The summed E-state index contributed by atoms with van der Waals surface area (Å²) in [4.78, 5) is 28.4. The molecule has 0 unspecified atom stereocenters. The lowest BCUT2D eigenvalue weighted by atomic mass is 9.88. The van der Waals surface area contributed by atoms with Crippen LogP contribution < -0.4 is 15.5 Å². The van der Waals surface area contributed by atoms with Crippen LogP contribution in [-0.2, 0) is 4.79 Å². The first kappa shape index (κ1) is 22.2. The Morgan fingerprint density at radius 3 is 2.19 bits per heavy atom. The van der Waals surface area contributed by atoms with Gasteiger partial charge in [-0.1, -0.05) is 45.4 Å². The Morgan fingerprint density at radius 1 is 0.871 bits per heavy atom. The monoisotopic (exact) mass is 425 g/mol. The van der Waals surface area contributed by atoms with Crippen molar-refractivity contribution < 1.29 is 9.59 Å². The molecule has 31 heavy (non-hydrogen) atoms. The summed E-state index contributed by atoms with van der Waals surface area (Å²) in [5.41, 5.74) is 2.47. The van der Waals surface area contributed by atoms with E-state index in [1.807, 2.05) is 18.2 Å². The molecule has 170 valence electrons. The Bertz CT molecular complexity index is 758. The lowest BCUT2D eigenvalue weighted by Gasteiger charge is -2.34. The van der Waals surface area contributed by atoms with Crippen LogP contribution in [0.5, 0.6) is 0 Å². The van der Waals surface area contributed by atoms with E-state index in [1.54, 1.807) is 0 Å². The van der Waals surface area contributed by atoms with Crippen LogP contribution >= 0.6 is 0 Å². The molecular formula is C26H39N3O2. The maximum atomic E-state index is 13.3. The van der Waals surface area contributed by atoms with E-state index >= 15 is 0 Å². The van der Waals surface area contributed by atoms with Crippen molar-refractivity contribution in [3.05, 3.63) is 23.8 Å². The zero-order chi connectivity index (χ0) is 21.6. The van der Waals surface area contributed by atoms with Crippen molar-refractivity contribution in [3.63, 3.8) is 0 Å². The first-order chi connectivity index (χ1) is 15.1. The fraction of sp³-hybridized carbons (Fsp3) is 0.692. The second-order valence-electron chi connectivity index (χ2n) is 10.0. The summed E-state index contributed by atoms with van der Waals surface area (Å²) in [6.07, 6.45) is 13.6. The number of nitrogens with zero attached hydrogens (tertiary/aromatic N) is 1. The molecule has 2 N–H and O–H groups in total. The van der Waals surface area contributed by atoms with Gasteiger partial charge in [0.25, 0.3) is 5.91 Å². The summed E-state index contributed by atoms with van der Waals surface area (Å²) in [6.45, 7) is 4.27. The van der Waals surface area contributed by atoms with Gasteiger partial charge in [-0.05, 0) is 62.6 Å². The number of benzene rings is 1. The highest BCUT2D eigenvalue weighted by Crippen LogP contribution is 2.30. The Balaban J connectivity index is 1.52. The highest BCUT2D eigenvalue weighted by Gasteiger charge is 2.25. The van der Waals surface area contributed by atoms with Gasteiger partial charge in [0.15, 0.2) is 0 Å². The number of hydrogen-bond acceptors (Lipinski definition) is 3. The summed E-state index contributed by atoms with van der Waals surface area (Å²) < 4.78 is 0. The van der Waals surface area contributed by atoms with Gasteiger partial charge in [-0.2, -0.15) is 0 Å². The maximum absolute atomic E-state index is 13.3. The van der Waals surface area contributed by atoms with Crippen LogP contribution in [0.25, 0.3) is 0 Å². The number of carbonyl (C=O) groups is 2. The van der Waals surface area contributed by atoms with Gasteiger partial charge in [-0.15, -0.1) is 0 Å². The third-order valence-electron chi connectivity index (χ3n) is 7.55. The normalized spacial score (nSPS) is 21.6. The molecule has 3 fully saturated rings. The summed E-state index contributed by atoms with van der Waals surface area (Å²) in [7, 11) is 0. The van der Waals surface area contributed by atoms with E-state index in [4.69, 9.17) is 0 Å². The molecule has 0 aromatic heterocycles. The fourth-order valence-electron chi connectivity index (χ4n) is 5.44. The standard InChI is InChI=1S/C26H39N3O2/c1-19-14-16-29(17-15-19)24-13-12-22(28-25(30)20-8-4-2-5-9-20)18-23(24)26(31)27-21-10-6-3-7-11-21/h12-13,18-21H,2-11,14-17H2,1H3,(H,27,31)(H,28,30). The highest BCUT2D eigenvalue weighted by atomic mass is 16.2. The van der Waals surface area contributed by atoms with Gasteiger partial charge in [0.2, 0.25) is 5.91 Å². The molecule has 0 bridgehead atoms. The smallest absolute Gasteiger partial charge is 0.253 e. The highest BCUT2D eigenvalue weighted by molar-refractivity contribution is 6.02. The third-order valence-corrected chi connectivity index (χ3v) is 7.55. The van der Waals surface area contributed by atoms with E-state index in [0.717, 1.165) is 81.7 Å². The maximum Gasteiger partial charge on any atom is 0.253 e. The first-order valence-corrected chi connectivity index (χ1v) is 12.6. The zero-order valence-corrected chi connectivity index (χ0v) is 19.1. The number of carbonyl (C=O) groups excluding carboxylic acids is 2. The molecule has 3 aliphatic rings. The Morgan fingerprint density at radius 2 is 1.52 bits per heavy atom. The van der Waals surface area contributed by atoms with Crippen LogP contribution in [0.1, 0.15) is 94.3 Å². The minimum atomic E-state index is 0.00860. The molecule has 2 aliphatic carbocycles. The molecule has 5 heteroatoms. The topological polar surface area (TPSA) is 61.4 Å². The Kier molecular flexibility index (Phi) is 7.52. The molecule has 1 aromatic carbocycles. The summed E-state index contributed by atoms with van der Waals surface area (Å²) >= 11 is 0. The summed E-state index contributed by atoms with van der Waals surface area (Å²) in [5.74, 6) is 0.966. The van der Waals surface area contributed by atoms with Crippen molar-refractivity contribution in [1.29, 1.82) is 0 Å². The van der Waals surface area contributed by atoms with Crippen LogP contribution in [0.4, 0.5) is 11.4 Å². The van der Waals surface area contributed by atoms with Gasteiger partial charge in [-0.3, -0.25) is 9.59 Å². The van der Waals surface area contributed by atoms with Crippen molar-refractivity contribution in [1.82, 2.24) is 5.32 Å². The number of nitrogens with one attached hydrogen (secondary N) is 2. The molecule has 1 saturated heterocycles. The van der Waals surface area contributed by atoms with E-state index in [-0.39, 0.29) is 23.8 Å². The molecule has 4 rings (SSSR count). The molecule has 1 aliphatic heterocycles. The second kappa shape index (κ2) is 10.5. The van der Waals surface area contributed by atoms with Crippen LogP contribution in [0, 0.1) is 11.8 Å². The van der Waals surface area contributed by atoms with Crippen LogP contribution in [0.2, 0.25) is 0 Å². The second-order valence-corrected chi connectivity index (χ2v) is 10.0. The molecular weight excluding hydrogens is 386 g/mol. The number of amides is 2. The fourth-order valence-corrected chi connectivity index (χ4v) is 5.44. The predicted octanol–water partition coefficient (Wildman–Crippen LogP) is 5.50. The van der Waals surface area contributed by atoms with Gasteiger partial charge in [0.05, 0.1) is 5.56 Å². The quantitative estimate of drug-likeness (QED) is 0.654. The number of piperidine rings is 1. The van der Waals surface area contributed by atoms with Gasteiger partial charge < -0.3 is 15.5 Å². The number of anilines is 2. The van der Waals surface area contributed by atoms with Crippen LogP contribution in [0.15, 0.2) is 18.2 Å². The third kappa shape index (κ3) is 5.81. The van der Waals surface area contributed by atoms with Crippen molar-refractivity contribution >= 4 is 23.2 Å². The average Bonchev–Trinajstić information content (AvgIpc) is 2.81. The Hall–Kier alpha value is -2.04. The van der Waals surface area contributed by atoms with Gasteiger partial charge in [0, 0.05) is 36.4 Å². The number of rotatable bonds is 5. The average molecular weight is 426 g/mol. The van der Waals surface area contributed by atoms with E-state index in [1.165, 1.54) is 25.7 Å². The van der Waals surface area contributed by atoms with Crippen LogP contribution in [-0.4, -0.2) is 30.9 Å². The van der Waals surface area contributed by atoms with Gasteiger partial charge >= 0.3 is 0 Å². The Labute approximate surface area is 187 Å². The molecule has 1 aromatic rings. The van der Waals surface area contributed by atoms with Crippen LogP contribution in [0.3, 0.4) is 0 Å². The van der Waals surface area contributed by atoms with Crippen molar-refractivity contribution in [3.8, 4) is 0 Å². The zero-order valence-electron chi connectivity index (χ0n) is 19.1. The summed E-state index contributed by atoms with van der Waals surface area (Å²) in [6, 6.07) is 6.20. The van der Waals surface area contributed by atoms with E-state index in [2.05, 4.69) is 22.5 Å². The molecule has 0 spiro atoms. The van der Waals surface area contributed by atoms with Gasteiger partial charge in [0.1, 0.15) is 0 Å². The molecule has 0 atom stereocenters. The number of hydrogen-bond donors (Lipinski definition) is 2. The molecule has 2 amide bonds. The molecule has 1 heterocycles. The minimum absolute atomic E-state index is 0.00860. The van der Waals surface area contributed by atoms with Crippen molar-refractivity contribution in [2.45, 2.75) is 90.0 Å². The minimum Gasteiger partial charge on any atom is -0.371 e. The predicted molar refractivity (Wildman–Crippen MR) is 127 cm³/mol. The van der Waals surface area contributed by atoms with E-state index < -0.39 is 0 Å². The summed E-state index contributed by atoms with van der Waals surface area (Å²) in [5, 5.41) is 6.40. The first-order valence-electron chi connectivity index (χ1n) is 12.6. The van der Waals surface area contributed by atoms with E-state index in [0.29, 0.717) is 5.56 Å². The lowest BCUT2D eigenvalue weighted by Crippen LogP contribution is -2.38. The van der Waals surface area contributed by atoms with E-state index in [9.17, 15) is 9.59 Å². The molecule has 2 saturated carbocycles. The van der Waals surface area contributed by atoms with Crippen molar-refractivity contribution in [2.75, 3.05) is 23.3 Å². The SMILES string of the molecule is CC1CCN(c2ccc(NC(=O)C3CCCCC3)cc2C(=O)NC2CCCCC2)CC1. The lowest BCUT2D eigenvalue weighted by molar-refractivity contribution is -0.120.